The third kappa shape index (κ3) is 28.0. The Hall–Kier alpha value is -0.980. The summed E-state index contributed by atoms with van der Waals surface area (Å²) in [5, 5.41) is 0. The average molecular weight is 531 g/mol. The summed E-state index contributed by atoms with van der Waals surface area (Å²) < 4.78 is 6.32. The SMILES string of the molecule is CCCCC/C=C\C/C=C\CCCCCCCCC(CCCCCCCCCC)O/C=C/C(C)(C)CCC. The van der Waals surface area contributed by atoms with Gasteiger partial charge in [-0.1, -0.05) is 149 Å². The molecule has 0 fully saturated rings. The minimum absolute atomic E-state index is 0.248. The molecular weight excluding hydrogens is 460 g/mol. The van der Waals surface area contributed by atoms with Crippen LogP contribution in [-0.4, -0.2) is 6.10 Å². The molecule has 0 aliphatic rings. The van der Waals surface area contributed by atoms with E-state index >= 15 is 0 Å². The molecule has 0 saturated carbocycles. The van der Waals surface area contributed by atoms with E-state index in [1.165, 1.54) is 148 Å². The minimum Gasteiger partial charge on any atom is -0.498 e. The lowest BCUT2D eigenvalue weighted by Gasteiger charge is -2.21. The van der Waals surface area contributed by atoms with Crippen LogP contribution in [0.1, 0.15) is 189 Å². The zero-order valence-corrected chi connectivity index (χ0v) is 26.9. The van der Waals surface area contributed by atoms with Gasteiger partial charge in [-0.2, -0.15) is 0 Å². The first-order valence-electron chi connectivity index (χ1n) is 17.2. The van der Waals surface area contributed by atoms with Gasteiger partial charge < -0.3 is 4.74 Å². The second-order valence-electron chi connectivity index (χ2n) is 12.4. The van der Waals surface area contributed by atoms with Crippen molar-refractivity contribution in [3.63, 3.8) is 0 Å². The van der Waals surface area contributed by atoms with E-state index in [1.54, 1.807) is 0 Å². The van der Waals surface area contributed by atoms with Crippen molar-refractivity contribution < 1.29 is 4.74 Å². The highest BCUT2D eigenvalue weighted by Gasteiger charge is 2.13. The van der Waals surface area contributed by atoms with Crippen molar-refractivity contribution in [2.75, 3.05) is 0 Å². The van der Waals surface area contributed by atoms with Crippen molar-refractivity contribution >= 4 is 0 Å². The maximum absolute atomic E-state index is 6.32. The van der Waals surface area contributed by atoms with Gasteiger partial charge in [0.25, 0.3) is 0 Å². The smallest absolute Gasteiger partial charge is 0.0978 e. The molecule has 0 aromatic heterocycles. The first-order chi connectivity index (χ1) is 18.6. The highest BCUT2D eigenvalue weighted by molar-refractivity contribution is 4.93. The molecule has 0 aromatic rings. The van der Waals surface area contributed by atoms with Crippen LogP contribution in [0.15, 0.2) is 36.6 Å². The first kappa shape index (κ1) is 37.0. The number of unbranched alkanes of at least 4 members (excludes halogenated alkanes) is 16. The van der Waals surface area contributed by atoms with Gasteiger partial charge in [0.05, 0.1) is 12.4 Å². The summed E-state index contributed by atoms with van der Waals surface area (Å²) in [4.78, 5) is 0. The Balaban J connectivity index is 4.01. The minimum atomic E-state index is 0.248. The monoisotopic (exact) mass is 531 g/mol. The molecule has 1 unspecified atom stereocenters. The van der Waals surface area contributed by atoms with Gasteiger partial charge in [0.2, 0.25) is 0 Å². The number of allylic oxidation sites excluding steroid dienone is 5. The van der Waals surface area contributed by atoms with Gasteiger partial charge in [0.15, 0.2) is 0 Å². The van der Waals surface area contributed by atoms with E-state index in [4.69, 9.17) is 4.74 Å². The van der Waals surface area contributed by atoms with E-state index in [1.807, 2.05) is 6.26 Å². The highest BCUT2D eigenvalue weighted by Crippen LogP contribution is 2.24. The summed E-state index contributed by atoms with van der Waals surface area (Å²) in [6, 6.07) is 0. The Labute approximate surface area is 241 Å². The van der Waals surface area contributed by atoms with Crippen molar-refractivity contribution in [3.05, 3.63) is 36.6 Å². The van der Waals surface area contributed by atoms with Crippen LogP contribution < -0.4 is 0 Å². The molecule has 0 bridgehead atoms. The van der Waals surface area contributed by atoms with Gasteiger partial charge >= 0.3 is 0 Å². The Morgan fingerprint density at radius 1 is 0.526 bits per heavy atom. The molecule has 38 heavy (non-hydrogen) atoms. The van der Waals surface area contributed by atoms with Crippen LogP contribution >= 0.6 is 0 Å². The largest absolute Gasteiger partial charge is 0.498 e. The molecule has 1 nitrogen and oxygen atoms in total. The molecular formula is C37H70O. The van der Waals surface area contributed by atoms with Crippen molar-refractivity contribution in [2.24, 2.45) is 5.41 Å². The second kappa shape index (κ2) is 29.0. The molecule has 224 valence electrons. The maximum atomic E-state index is 6.32. The molecule has 0 aromatic carbocycles. The van der Waals surface area contributed by atoms with Crippen molar-refractivity contribution in [2.45, 2.75) is 195 Å². The normalized spacial score (nSPS) is 13.4. The molecule has 0 aliphatic heterocycles. The highest BCUT2D eigenvalue weighted by atomic mass is 16.5. The first-order valence-corrected chi connectivity index (χ1v) is 17.2. The van der Waals surface area contributed by atoms with E-state index < -0.39 is 0 Å². The molecule has 1 atom stereocenters. The summed E-state index contributed by atoms with van der Waals surface area (Å²) in [5.41, 5.74) is 0.248. The molecule has 0 aliphatic carbocycles. The van der Waals surface area contributed by atoms with Gasteiger partial charge in [-0.15, -0.1) is 0 Å². The molecule has 0 N–H and O–H groups in total. The average Bonchev–Trinajstić information content (AvgIpc) is 2.89. The molecule has 0 amide bonds. The Morgan fingerprint density at radius 3 is 1.50 bits per heavy atom. The van der Waals surface area contributed by atoms with Crippen LogP contribution in [0.4, 0.5) is 0 Å². The van der Waals surface area contributed by atoms with E-state index in [2.05, 4.69) is 65.0 Å². The van der Waals surface area contributed by atoms with Crippen LogP contribution in [0.3, 0.4) is 0 Å². The molecule has 0 radical (unpaired) electrons. The third-order valence-corrected chi connectivity index (χ3v) is 7.79. The van der Waals surface area contributed by atoms with Gasteiger partial charge in [0, 0.05) is 0 Å². The lowest BCUT2D eigenvalue weighted by molar-refractivity contribution is 0.118. The van der Waals surface area contributed by atoms with E-state index in [0.29, 0.717) is 6.10 Å². The predicted molar refractivity (Wildman–Crippen MR) is 174 cm³/mol. The number of hydrogen-bond acceptors (Lipinski definition) is 1. The van der Waals surface area contributed by atoms with Gasteiger partial charge in [-0.3, -0.25) is 0 Å². The van der Waals surface area contributed by atoms with E-state index in [-0.39, 0.29) is 5.41 Å². The quantitative estimate of drug-likeness (QED) is 0.0530. The summed E-state index contributed by atoms with van der Waals surface area (Å²) in [6.07, 6.45) is 46.0. The predicted octanol–water partition coefficient (Wildman–Crippen LogP) is 13.4. The fourth-order valence-electron chi connectivity index (χ4n) is 5.21. The Kier molecular flexibility index (Phi) is 28.3. The van der Waals surface area contributed by atoms with Gasteiger partial charge in [0.1, 0.15) is 0 Å². The fraction of sp³-hybridized carbons (Fsp3) is 0.838. The van der Waals surface area contributed by atoms with Crippen molar-refractivity contribution in [1.29, 1.82) is 0 Å². The Bertz CT molecular complexity index is 541. The molecule has 0 saturated heterocycles. The van der Waals surface area contributed by atoms with Crippen LogP contribution in [0, 0.1) is 5.41 Å². The number of rotatable bonds is 29. The van der Waals surface area contributed by atoms with Gasteiger partial charge in [-0.05, 0) is 75.7 Å². The topological polar surface area (TPSA) is 9.23 Å². The van der Waals surface area contributed by atoms with Crippen LogP contribution in [0.2, 0.25) is 0 Å². The summed E-state index contributed by atoms with van der Waals surface area (Å²) in [5.74, 6) is 0. The number of ether oxygens (including phenoxy) is 1. The zero-order valence-electron chi connectivity index (χ0n) is 26.9. The lowest BCUT2D eigenvalue weighted by atomic mass is 9.88. The summed E-state index contributed by atoms with van der Waals surface area (Å²) in [7, 11) is 0. The summed E-state index contributed by atoms with van der Waals surface area (Å²) >= 11 is 0. The van der Waals surface area contributed by atoms with E-state index in [9.17, 15) is 0 Å². The summed E-state index contributed by atoms with van der Waals surface area (Å²) in [6.45, 7) is 11.5. The molecule has 0 heterocycles. The molecule has 0 spiro atoms. The Morgan fingerprint density at radius 2 is 0.974 bits per heavy atom. The van der Waals surface area contributed by atoms with Gasteiger partial charge in [-0.25, -0.2) is 0 Å². The van der Waals surface area contributed by atoms with Crippen LogP contribution in [0.25, 0.3) is 0 Å². The fourth-order valence-corrected chi connectivity index (χ4v) is 5.21. The molecule has 0 rings (SSSR count). The van der Waals surface area contributed by atoms with Crippen LogP contribution in [0.5, 0.6) is 0 Å². The number of hydrogen-bond donors (Lipinski definition) is 0. The standard InChI is InChI=1S/C37H70O/c1-6-9-11-13-15-17-18-19-20-21-22-23-24-26-28-30-32-36(38-35-34-37(4,5)33-8-3)31-29-27-25-16-14-12-10-7-2/h15,17,19-20,34-36H,6-14,16,18,21-33H2,1-5H3/b17-15-,20-19-,35-34+. The zero-order chi connectivity index (χ0) is 28.0. The molecule has 1 heteroatoms. The van der Waals surface area contributed by atoms with Crippen molar-refractivity contribution in [3.8, 4) is 0 Å². The second-order valence-corrected chi connectivity index (χ2v) is 12.4. The van der Waals surface area contributed by atoms with E-state index in [0.717, 1.165) is 6.42 Å². The van der Waals surface area contributed by atoms with Crippen LogP contribution in [-0.2, 0) is 4.74 Å². The maximum Gasteiger partial charge on any atom is 0.0978 e. The lowest BCUT2D eigenvalue weighted by Crippen LogP contribution is -2.12. The van der Waals surface area contributed by atoms with Crippen molar-refractivity contribution in [1.82, 2.24) is 0 Å². The third-order valence-electron chi connectivity index (χ3n) is 7.79.